The molecule has 0 saturated heterocycles. The predicted octanol–water partition coefficient (Wildman–Crippen LogP) is 2.44. The number of nitrogens with two attached hydrogens (primary N) is 1. The molecule has 0 unspecified atom stereocenters. The Labute approximate surface area is 128 Å². The molecule has 6 heteroatoms. The first-order valence-electron chi connectivity index (χ1n) is 6.68. The summed E-state index contributed by atoms with van der Waals surface area (Å²) in [6.07, 6.45) is 3.35. The van der Waals surface area contributed by atoms with Crippen molar-refractivity contribution in [2.45, 2.75) is 18.4 Å². The number of aromatic nitrogens is 2. The molecule has 4 N–H and O–H groups in total. The second-order valence-corrected chi connectivity index (χ2v) is 6.39. The Morgan fingerprint density at radius 2 is 2.10 bits per heavy atom. The number of benzene rings is 1. The van der Waals surface area contributed by atoms with Gasteiger partial charge in [-0.15, -0.1) is 12.4 Å². The van der Waals surface area contributed by atoms with Crippen molar-refractivity contribution in [3.63, 3.8) is 0 Å². The summed E-state index contributed by atoms with van der Waals surface area (Å²) in [4.78, 5) is 0. The highest BCUT2D eigenvalue weighted by Crippen LogP contribution is 2.63. The number of fused-ring (bicyclic) bond motifs is 2. The first-order valence-corrected chi connectivity index (χ1v) is 7.06. The van der Waals surface area contributed by atoms with Crippen LogP contribution in [0, 0.1) is 17.8 Å². The van der Waals surface area contributed by atoms with Gasteiger partial charge >= 0.3 is 0 Å². The van der Waals surface area contributed by atoms with Crippen LogP contribution in [0.25, 0.3) is 10.9 Å². The Morgan fingerprint density at radius 3 is 2.75 bits per heavy atom. The van der Waals surface area contributed by atoms with Gasteiger partial charge in [-0.05, 0) is 54.8 Å². The van der Waals surface area contributed by atoms with Crippen LogP contribution in [0.3, 0.4) is 0 Å². The highest BCUT2D eigenvalue weighted by Gasteiger charge is 2.60. The Kier molecular flexibility index (Phi) is 3.25. The predicted molar refractivity (Wildman–Crippen MR) is 81.0 cm³/mol. The average Bonchev–Trinajstić information content (AvgIpc) is 2.78. The van der Waals surface area contributed by atoms with Crippen molar-refractivity contribution in [2.24, 2.45) is 23.5 Å². The second kappa shape index (κ2) is 4.60. The molecule has 1 aromatic carbocycles. The van der Waals surface area contributed by atoms with Crippen LogP contribution in [0.1, 0.15) is 18.4 Å². The minimum absolute atomic E-state index is 0. The van der Waals surface area contributed by atoms with Crippen LogP contribution in [0.15, 0.2) is 18.3 Å². The maximum Gasteiger partial charge on any atom is 0.0909 e. The van der Waals surface area contributed by atoms with Crippen LogP contribution >= 0.6 is 24.0 Å². The van der Waals surface area contributed by atoms with Crippen molar-refractivity contribution in [3.05, 3.63) is 28.9 Å². The van der Waals surface area contributed by atoms with E-state index in [1.165, 1.54) is 0 Å². The van der Waals surface area contributed by atoms with Crippen LogP contribution in [-0.2, 0) is 5.60 Å². The standard InChI is InChI=1S/C14H16ClN3O.ClH/c15-7-1-12(11-6-17-18-13(11)2-7)14(19)3-8-9(4-14)10(8)5-16;/h1-2,6,8-10,19H,3-5,16H2,(H,17,18);1H/t8-,9+,10+,14+;. The number of halogens is 2. The average molecular weight is 314 g/mol. The van der Waals surface area contributed by atoms with Gasteiger partial charge in [0.05, 0.1) is 17.3 Å². The van der Waals surface area contributed by atoms with Crippen molar-refractivity contribution in [3.8, 4) is 0 Å². The van der Waals surface area contributed by atoms with Crippen molar-refractivity contribution >= 4 is 34.9 Å². The normalized spacial score (nSPS) is 34.9. The molecule has 2 aromatic rings. The first-order chi connectivity index (χ1) is 9.12. The van der Waals surface area contributed by atoms with Gasteiger partial charge in [-0.2, -0.15) is 5.10 Å². The Morgan fingerprint density at radius 1 is 1.40 bits per heavy atom. The maximum absolute atomic E-state index is 11.0. The fourth-order valence-electron chi connectivity index (χ4n) is 3.96. The molecule has 4 rings (SSSR count). The smallest absolute Gasteiger partial charge is 0.0909 e. The van der Waals surface area contributed by atoms with E-state index in [9.17, 15) is 5.11 Å². The fraction of sp³-hybridized carbons (Fsp3) is 0.500. The summed E-state index contributed by atoms with van der Waals surface area (Å²) in [5, 5.41) is 19.6. The van der Waals surface area contributed by atoms with E-state index in [1.807, 2.05) is 12.1 Å². The van der Waals surface area contributed by atoms with Gasteiger partial charge in [-0.25, -0.2) is 0 Å². The number of hydrogen-bond donors (Lipinski definition) is 3. The molecule has 0 aliphatic heterocycles. The van der Waals surface area contributed by atoms with Crippen molar-refractivity contribution in [2.75, 3.05) is 6.54 Å². The van der Waals surface area contributed by atoms with E-state index in [4.69, 9.17) is 17.3 Å². The van der Waals surface area contributed by atoms with E-state index in [0.717, 1.165) is 35.9 Å². The lowest BCUT2D eigenvalue weighted by molar-refractivity contribution is 0.0279. The van der Waals surface area contributed by atoms with Gasteiger partial charge in [-0.3, -0.25) is 5.10 Å². The summed E-state index contributed by atoms with van der Waals surface area (Å²) in [5.41, 5.74) is 6.75. The summed E-state index contributed by atoms with van der Waals surface area (Å²) < 4.78 is 0. The number of aromatic amines is 1. The van der Waals surface area contributed by atoms with E-state index in [0.29, 0.717) is 22.8 Å². The first kappa shape index (κ1) is 14.1. The molecular weight excluding hydrogens is 297 g/mol. The minimum Gasteiger partial charge on any atom is -0.385 e. The fourth-order valence-corrected chi connectivity index (χ4v) is 4.18. The zero-order chi connectivity index (χ0) is 13.2. The van der Waals surface area contributed by atoms with E-state index < -0.39 is 5.60 Å². The lowest BCUT2D eigenvalue weighted by Gasteiger charge is -2.27. The van der Waals surface area contributed by atoms with Gasteiger partial charge in [0.2, 0.25) is 0 Å². The maximum atomic E-state index is 11.0. The van der Waals surface area contributed by atoms with Gasteiger partial charge in [0.1, 0.15) is 0 Å². The molecule has 4 atom stereocenters. The Hall–Kier alpha value is -0.810. The number of hydrogen-bond acceptors (Lipinski definition) is 3. The zero-order valence-electron chi connectivity index (χ0n) is 10.8. The minimum atomic E-state index is -0.770. The topological polar surface area (TPSA) is 74.9 Å². The Bertz CT molecular complexity index is 645. The van der Waals surface area contributed by atoms with Gasteiger partial charge in [0, 0.05) is 10.4 Å². The summed E-state index contributed by atoms with van der Waals surface area (Å²) in [7, 11) is 0. The summed E-state index contributed by atoms with van der Waals surface area (Å²) in [6.45, 7) is 0.738. The SMILES string of the molecule is Cl.NC[C@@H]1[C@H]2C[C@](O)(c3cc(Cl)cc4[nH]ncc34)C[C@@H]12. The molecule has 2 aliphatic carbocycles. The van der Waals surface area contributed by atoms with Crippen LogP contribution < -0.4 is 5.73 Å². The van der Waals surface area contributed by atoms with Gasteiger partial charge in [0.25, 0.3) is 0 Å². The van der Waals surface area contributed by atoms with Crippen molar-refractivity contribution in [1.82, 2.24) is 10.2 Å². The second-order valence-electron chi connectivity index (χ2n) is 5.95. The van der Waals surface area contributed by atoms with Crippen molar-refractivity contribution < 1.29 is 5.11 Å². The third-order valence-electron chi connectivity index (χ3n) is 4.95. The lowest BCUT2D eigenvalue weighted by atomic mass is 9.85. The Balaban J connectivity index is 0.00000121. The van der Waals surface area contributed by atoms with E-state index >= 15 is 0 Å². The van der Waals surface area contributed by atoms with Crippen LogP contribution in [0.4, 0.5) is 0 Å². The number of H-pyrrole nitrogens is 1. The molecule has 0 bridgehead atoms. The highest BCUT2D eigenvalue weighted by molar-refractivity contribution is 6.31. The lowest BCUT2D eigenvalue weighted by Crippen LogP contribution is -2.26. The van der Waals surface area contributed by atoms with Crippen LogP contribution in [0.2, 0.25) is 5.02 Å². The van der Waals surface area contributed by atoms with E-state index in [-0.39, 0.29) is 12.4 Å². The highest BCUT2D eigenvalue weighted by atomic mass is 35.5. The summed E-state index contributed by atoms with van der Waals surface area (Å²) in [5.74, 6) is 1.77. The molecule has 2 aliphatic rings. The van der Waals surface area contributed by atoms with Gasteiger partial charge in [0.15, 0.2) is 0 Å². The number of aliphatic hydroxyl groups is 1. The molecule has 0 amide bonds. The number of nitrogens with zero attached hydrogens (tertiary/aromatic N) is 1. The molecule has 108 valence electrons. The number of nitrogens with one attached hydrogen (secondary N) is 1. The molecule has 4 nitrogen and oxygen atoms in total. The number of rotatable bonds is 2. The zero-order valence-corrected chi connectivity index (χ0v) is 12.4. The van der Waals surface area contributed by atoms with Gasteiger partial charge in [-0.1, -0.05) is 11.6 Å². The largest absolute Gasteiger partial charge is 0.385 e. The molecule has 20 heavy (non-hydrogen) atoms. The van der Waals surface area contributed by atoms with E-state index in [2.05, 4.69) is 10.2 Å². The van der Waals surface area contributed by atoms with Gasteiger partial charge < -0.3 is 10.8 Å². The molecule has 0 spiro atoms. The third-order valence-corrected chi connectivity index (χ3v) is 5.17. The summed E-state index contributed by atoms with van der Waals surface area (Å²) in [6, 6.07) is 3.72. The molecule has 1 heterocycles. The monoisotopic (exact) mass is 313 g/mol. The molecular formula is C14H17Cl2N3O. The third kappa shape index (κ3) is 1.86. The van der Waals surface area contributed by atoms with Crippen LogP contribution in [-0.4, -0.2) is 21.8 Å². The molecule has 1 aromatic heterocycles. The van der Waals surface area contributed by atoms with Crippen LogP contribution in [0.5, 0.6) is 0 Å². The van der Waals surface area contributed by atoms with Crippen molar-refractivity contribution in [1.29, 1.82) is 0 Å². The molecule has 2 fully saturated rings. The molecule has 2 saturated carbocycles. The molecule has 0 radical (unpaired) electrons. The summed E-state index contributed by atoms with van der Waals surface area (Å²) >= 11 is 6.15. The van der Waals surface area contributed by atoms with E-state index in [1.54, 1.807) is 6.20 Å². The quantitative estimate of drug-likeness (QED) is 0.797.